The molecule has 126 valence electrons. The molecule has 1 aliphatic heterocycles. The van der Waals surface area contributed by atoms with Crippen molar-refractivity contribution >= 4 is 5.91 Å². The van der Waals surface area contributed by atoms with Crippen LogP contribution in [-0.4, -0.2) is 39.0 Å². The highest BCUT2D eigenvalue weighted by atomic mass is 16.3. The molecule has 0 spiro atoms. The highest BCUT2D eigenvalue weighted by Crippen LogP contribution is 2.31. The number of carbonyl (C=O) groups is 1. The fraction of sp³-hybridized carbons (Fsp3) is 0.421. The van der Waals surface area contributed by atoms with Crippen LogP contribution in [0.5, 0.6) is 0 Å². The Kier molecular flexibility index (Phi) is 4.90. The van der Waals surface area contributed by atoms with Gasteiger partial charge < -0.3 is 10.0 Å². The molecule has 1 aromatic carbocycles. The Bertz CT molecular complexity index is 710. The zero-order valence-corrected chi connectivity index (χ0v) is 14.1. The lowest BCUT2D eigenvalue weighted by atomic mass is 9.87. The van der Waals surface area contributed by atoms with E-state index in [-0.39, 0.29) is 11.8 Å². The topological polar surface area (TPSA) is 66.3 Å². The SMILES string of the molecule is Cc1ncc(C(=O)N2CCC([C@H](O)c3ccccc3)CC2)c(C)n1. The third-order valence-electron chi connectivity index (χ3n) is 4.74. The highest BCUT2D eigenvalue weighted by Gasteiger charge is 2.29. The summed E-state index contributed by atoms with van der Waals surface area (Å²) in [6.07, 6.45) is 2.75. The van der Waals surface area contributed by atoms with E-state index in [1.807, 2.05) is 49.1 Å². The van der Waals surface area contributed by atoms with E-state index in [0.29, 0.717) is 24.5 Å². The first-order chi connectivity index (χ1) is 11.6. The molecular weight excluding hydrogens is 302 g/mol. The molecule has 0 aliphatic carbocycles. The van der Waals surface area contributed by atoms with Crippen LogP contribution in [0.4, 0.5) is 0 Å². The summed E-state index contributed by atoms with van der Waals surface area (Å²) in [5, 5.41) is 10.5. The van der Waals surface area contributed by atoms with Gasteiger partial charge in [0.2, 0.25) is 0 Å². The van der Waals surface area contributed by atoms with Crippen molar-refractivity contribution in [3.8, 4) is 0 Å². The second kappa shape index (κ2) is 7.09. The van der Waals surface area contributed by atoms with Crippen LogP contribution in [0, 0.1) is 19.8 Å². The summed E-state index contributed by atoms with van der Waals surface area (Å²) in [7, 11) is 0. The van der Waals surface area contributed by atoms with Crippen LogP contribution in [0.25, 0.3) is 0 Å². The fourth-order valence-corrected chi connectivity index (χ4v) is 3.30. The number of carbonyl (C=O) groups excluding carboxylic acids is 1. The first-order valence-corrected chi connectivity index (χ1v) is 8.39. The number of piperidine rings is 1. The Labute approximate surface area is 142 Å². The van der Waals surface area contributed by atoms with Gasteiger partial charge in [0.15, 0.2) is 0 Å². The Morgan fingerprint density at radius 2 is 1.88 bits per heavy atom. The van der Waals surface area contributed by atoms with Gasteiger partial charge in [-0.15, -0.1) is 0 Å². The number of benzene rings is 1. The quantitative estimate of drug-likeness (QED) is 0.942. The smallest absolute Gasteiger partial charge is 0.257 e. The standard InChI is InChI=1S/C19H23N3O2/c1-13-17(12-20-14(2)21-13)19(24)22-10-8-16(9-11-22)18(23)15-6-4-3-5-7-15/h3-7,12,16,18,23H,8-11H2,1-2H3/t18-/m1/s1. The first kappa shape index (κ1) is 16.6. The Morgan fingerprint density at radius 1 is 1.21 bits per heavy atom. The second-order valence-electron chi connectivity index (χ2n) is 6.40. The lowest BCUT2D eigenvalue weighted by Crippen LogP contribution is -2.40. The summed E-state index contributed by atoms with van der Waals surface area (Å²) in [5.74, 6) is 0.848. The summed E-state index contributed by atoms with van der Waals surface area (Å²) in [5.41, 5.74) is 2.24. The Hall–Kier alpha value is -2.27. The van der Waals surface area contributed by atoms with Crippen molar-refractivity contribution in [3.05, 3.63) is 59.2 Å². The van der Waals surface area contributed by atoms with Crippen LogP contribution in [0.1, 0.15) is 46.4 Å². The molecule has 1 aliphatic rings. The van der Waals surface area contributed by atoms with Crippen molar-refractivity contribution in [1.29, 1.82) is 0 Å². The Balaban J connectivity index is 1.63. The van der Waals surface area contributed by atoms with Crippen molar-refractivity contribution in [2.45, 2.75) is 32.8 Å². The average molecular weight is 325 g/mol. The zero-order valence-electron chi connectivity index (χ0n) is 14.1. The maximum atomic E-state index is 12.7. The molecule has 0 radical (unpaired) electrons. The van der Waals surface area contributed by atoms with Crippen LogP contribution < -0.4 is 0 Å². The van der Waals surface area contributed by atoms with E-state index >= 15 is 0 Å². The van der Waals surface area contributed by atoms with Crippen molar-refractivity contribution in [2.24, 2.45) is 5.92 Å². The predicted molar refractivity (Wildman–Crippen MR) is 91.5 cm³/mol. The van der Waals surface area contributed by atoms with Crippen LogP contribution in [0.3, 0.4) is 0 Å². The maximum absolute atomic E-state index is 12.7. The van der Waals surface area contributed by atoms with Gasteiger partial charge in [0.25, 0.3) is 5.91 Å². The van der Waals surface area contributed by atoms with E-state index in [1.165, 1.54) is 0 Å². The molecule has 2 heterocycles. The van der Waals surface area contributed by atoms with Gasteiger partial charge in [-0.3, -0.25) is 4.79 Å². The largest absolute Gasteiger partial charge is 0.388 e. The third kappa shape index (κ3) is 3.46. The highest BCUT2D eigenvalue weighted by molar-refractivity contribution is 5.95. The van der Waals surface area contributed by atoms with Crippen LogP contribution in [0.2, 0.25) is 0 Å². The summed E-state index contributed by atoms with van der Waals surface area (Å²) in [6.45, 7) is 4.97. The lowest BCUT2D eigenvalue weighted by Gasteiger charge is -2.34. The van der Waals surface area contributed by atoms with Crippen LogP contribution in [0.15, 0.2) is 36.5 Å². The normalized spacial score (nSPS) is 16.9. The monoisotopic (exact) mass is 325 g/mol. The summed E-state index contributed by atoms with van der Waals surface area (Å²) in [6, 6.07) is 9.74. The van der Waals surface area contributed by atoms with Gasteiger partial charge in [0.1, 0.15) is 5.82 Å². The number of aliphatic hydroxyl groups excluding tert-OH is 1. The average Bonchev–Trinajstić information content (AvgIpc) is 2.61. The number of likely N-dealkylation sites (tertiary alicyclic amines) is 1. The molecular formula is C19H23N3O2. The molecule has 1 amide bonds. The molecule has 5 heteroatoms. The van der Waals surface area contributed by atoms with Crippen molar-refractivity contribution in [2.75, 3.05) is 13.1 Å². The minimum absolute atomic E-state index is 0.0137. The molecule has 1 saturated heterocycles. The van der Waals surface area contributed by atoms with Crippen molar-refractivity contribution in [3.63, 3.8) is 0 Å². The van der Waals surface area contributed by atoms with E-state index in [9.17, 15) is 9.90 Å². The number of aliphatic hydroxyl groups is 1. The lowest BCUT2D eigenvalue weighted by molar-refractivity contribution is 0.0461. The number of hydrogen-bond donors (Lipinski definition) is 1. The summed E-state index contributed by atoms with van der Waals surface area (Å²) < 4.78 is 0. The predicted octanol–water partition coefficient (Wildman–Crippen LogP) is 2.68. The van der Waals surface area contributed by atoms with Gasteiger partial charge in [-0.1, -0.05) is 30.3 Å². The van der Waals surface area contributed by atoms with E-state index < -0.39 is 6.10 Å². The molecule has 0 bridgehead atoms. The molecule has 5 nitrogen and oxygen atoms in total. The molecule has 1 atom stereocenters. The number of rotatable bonds is 3. The van der Waals surface area contributed by atoms with Gasteiger partial charge in [0, 0.05) is 19.3 Å². The van der Waals surface area contributed by atoms with Crippen LogP contribution in [-0.2, 0) is 0 Å². The molecule has 1 aromatic heterocycles. The third-order valence-corrected chi connectivity index (χ3v) is 4.74. The minimum Gasteiger partial charge on any atom is -0.388 e. The molecule has 3 rings (SSSR count). The van der Waals surface area contributed by atoms with Gasteiger partial charge in [0.05, 0.1) is 17.4 Å². The second-order valence-corrected chi connectivity index (χ2v) is 6.40. The fourth-order valence-electron chi connectivity index (χ4n) is 3.30. The maximum Gasteiger partial charge on any atom is 0.257 e. The van der Waals surface area contributed by atoms with Crippen molar-refractivity contribution in [1.82, 2.24) is 14.9 Å². The number of amides is 1. The van der Waals surface area contributed by atoms with Gasteiger partial charge in [-0.25, -0.2) is 9.97 Å². The van der Waals surface area contributed by atoms with E-state index in [4.69, 9.17) is 0 Å². The zero-order chi connectivity index (χ0) is 17.1. The Morgan fingerprint density at radius 3 is 2.50 bits per heavy atom. The molecule has 1 fully saturated rings. The molecule has 1 N–H and O–H groups in total. The number of aromatic nitrogens is 2. The van der Waals surface area contributed by atoms with Gasteiger partial charge in [-0.05, 0) is 38.2 Å². The van der Waals surface area contributed by atoms with E-state index in [0.717, 1.165) is 24.1 Å². The first-order valence-electron chi connectivity index (χ1n) is 8.39. The minimum atomic E-state index is -0.465. The van der Waals surface area contributed by atoms with E-state index in [1.54, 1.807) is 6.20 Å². The van der Waals surface area contributed by atoms with Crippen molar-refractivity contribution < 1.29 is 9.90 Å². The molecule has 0 unspecified atom stereocenters. The molecule has 2 aromatic rings. The molecule has 24 heavy (non-hydrogen) atoms. The number of nitrogens with zero attached hydrogens (tertiary/aromatic N) is 3. The summed E-state index contributed by atoms with van der Waals surface area (Å²) >= 11 is 0. The summed E-state index contributed by atoms with van der Waals surface area (Å²) in [4.78, 5) is 22.9. The van der Waals surface area contributed by atoms with Crippen LogP contribution >= 0.6 is 0 Å². The van der Waals surface area contributed by atoms with Gasteiger partial charge >= 0.3 is 0 Å². The number of hydrogen-bond acceptors (Lipinski definition) is 4. The number of aryl methyl sites for hydroxylation is 2. The molecule has 0 saturated carbocycles. The van der Waals surface area contributed by atoms with E-state index in [2.05, 4.69) is 9.97 Å². The van der Waals surface area contributed by atoms with Gasteiger partial charge in [-0.2, -0.15) is 0 Å².